The monoisotopic (exact) mass is 206 g/mol. The van der Waals surface area contributed by atoms with Crippen LogP contribution in [0, 0.1) is 12.3 Å². The third-order valence-corrected chi connectivity index (χ3v) is 3.39. The molecule has 2 heteroatoms. The molecule has 15 heavy (non-hydrogen) atoms. The predicted molar refractivity (Wildman–Crippen MR) is 60.0 cm³/mol. The van der Waals surface area contributed by atoms with Crippen molar-refractivity contribution in [2.24, 2.45) is 5.41 Å². The minimum absolute atomic E-state index is 0.121. The Bertz CT molecular complexity index is 357. The van der Waals surface area contributed by atoms with Crippen molar-refractivity contribution >= 4 is 0 Å². The largest absolute Gasteiger partial charge is 0.490 e. The fraction of sp³-hybridized carbons (Fsp3) is 0.538. The van der Waals surface area contributed by atoms with Crippen LogP contribution in [0.15, 0.2) is 24.3 Å². The van der Waals surface area contributed by atoms with E-state index in [0.717, 1.165) is 12.2 Å². The van der Waals surface area contributed by atoms with Crippen LogP contribution in [0.3, 0.4) is 0 Å². The first-order valence-corrected chi connectivity index (χ1v) is 5.41. The topological polar surface area (TPSA) is 29.5 Å². The summed E-state index contributed by atoms with van der Waals surface area (Å²) in [6, 6.07) is 8.04. The van der Waals surface area contributed by atoms with Gasteiger partial charge in [0.05, 0.1) is 6.10 Å². The van der Waals surface area contributed by atoms with Crippen LogP contribution < -0.4 is 4.74 Å². The quantitative estimate of drug-likeness (QED) is 0.805. The average molecular weight is 206 g/mol. The summed E-state index contributed by atoms with van der Waals surface area (Å²) in [7, 11) is 0. The second-order valence-corrected chi connectivity index (χ2v) is 5.00. The first-order chi connectivity index (χ1) is 7.00. The van der Waals surface area contributed by atoms with E-state index < -0.39 is 0 Å². The molecule has 1 aromatic rings. The highest BCUT2D eigenvalue weighted by Gasteiger charge is 2.49. The Labute approximate surface area is 90.9 Å². The number of rotatable bonds is 2. The molecule has 0 radical (unpaired) electrons. The number of aryl methyl sites for hydroxylation is 1. The SMILES string of the molecule is Cc1cccc(OC2CC(O)C2(C)C)c1. The molecule has 0 aromatic heterocycles. The molecule has 82 valence electrons. The molecule has 1 saturated carbocycles. The number of ether oxygens (including phenoxy) is 1. The normalized spacial score (nSPS) is 28.3. The van der Waals surface area contributed by atoms with E-state index in [2.05, 4.69) is 0 Å². The number of hydrogen-bond acceptors (Lipinski definition) is 2. The van der Waals surface area contributed by atoms with Gasteiger partial charge in [-0.2, -0.15) is 0 Å². The highest BCUT2D eigenvalue weighted by atomic mass is 16.5. The summed E-state index contributed by atoms with van der Waals surface area (Å²) in [6.07, 6.45) is 0.641. The van der Waals surface area contributed by atoms with E-state index in [0.29, 0.717) is 0 Å². The summed E-state index contributed by atoms with van der Waals surface area (Å²) in [6.45, 7) is 6.14. The lowest BCUT2D eigenvalue weighted by Gasteiger charge is -2.48. The van der Waals surface area contributed by atoms with Crippen molar-refractivity contribution in [3.05, 3.63) is 29.8 Å². The van der Waals surface area contributed by atoms with Gasteiger partial charge in [0.2, 0.25) is 0 Å². The molecule has 0 spiro atoms. The van der Waals surface area contributed by atoms with Crippen molar-refractivity contribution in [1.29, 1.82) is 0 Å². The van der Waals surface area contributed by atoms with Crippen LogP contribution in [0.25, 0.3) is 0 Å². The third-order valence-electron chi connectivity index (χ3n) is 3.39. The molecule has 2 unspecified atom stereocenters. The summed E-state index contributed by atoms with van der Waals surface area (Å²) in [5.41, 5.74) is 1.08. The van der Waals surface area contributed by atoms with E-state index in [4.69, 9.17) is 4.74 Å². The van der Waals surface area contributed by atoms with Gasteiger partial charge in [-0.1, -0.05) is 26.0 Å². The standard InChI is InChI=1S/C13H18O2/c1-9-5-4-6-10(7-9)15-12-8-11(14)13(12,2)3/h4-7,11-12,14H,8H2,1-3H3. The first kappa shape index (κ1) is 10.5. The molecular formula is C13H18O2. The van der Waals surface area contributed by atoms with Gasteiger partial charge in [-0.15, -0.1) is 0 Å². The molecule has 1 aliphatic rings. The van der Waals surface area contributed by atoms with Crippen molar-refractivity contribution < 1.29 is 9.84 Å². The first-order valence-electron chi connectivity index (χ1n) is 5.41. The lowest BCUT2D eigenvalue weighted by molar-refractivity contribution is -0.134. The van der Waals surface area contributed by atoms with Gasteiger partial charge in [0.15, 0.2) is 0 Å². The van der Waals surface area contributed by atoms with Crippen LogP contribution in [0.2, 0.25) is 0 Å². The van der Waals surface area contributed by atoms with Crippen LogP contribution in [0.1, 0.15) is 25.8 Å². The molecule has 0 aliphatic heterocycles. The van der Waals surface area contributed by atoms with Gasteiger partial charge in [-0.3, -0.25) is 0 Å². The summed E-state index contributed by atoms with van der Waals surface area (Å²) in [4.78, 5) is 0. The van der Waals surface area contributed by atoms with E-state index in [-0.39, 0.29) is 17.6 Å². The van der Waals surface area contributed by atoms with Crippen LogP contribution >= 0.6 is 0 Å². The van der Waals surface area contributed by atoms with Gasteiger partial charge < -0.3 is 9.84 Å². The van der Waals surface area contributed by atoms with Crippen molar-refractivity contribution in [1.82, 2.24) is 0 Å². The summed E-state index contributed by atoms with van der Waals surface area (Å²) >= 11 is 0. The van der Waals surface area contributed by atoms with Crippen molar-refractivity contribution in [2.75, 3.05) is 0 Å². The van der Waals surface area contributed by atoms with E-state index >= 15 is 0 Å². The summed E-state index contributed by atoms with van der Waals surface area (Å²) in [5.74, 6) is 0.903. The number of aliphatic hydroxyl groups excluding tert-OH is 1. The van der Waals surface area contributed by atoms with Gasteiger partial charge in [0.1, 0.15) is 11.9 Å². The highest BCUT2D eigenvalue weighted by molar-refractivity contribution is 5.28. The minimum atomic E-state index is -0.229. The Morgan fingerprint density at radius 3 is 2.67 bits per heavy atom. The van der Waals surface area contributed by atoms with Gasteiger partial charge >= 0.3 is 0 Å². The van der Waals surface area contributed by atoms with Gasteiger partial charge in [0, 0.05) is 11.8 Å². The molecule has 2 rings (SSSR count). The van der Waals surface area contributed by atoms with Crippen molar-refractivity contribution in [3.63, 3.8) is 0 Å². The molecule has 1 aliphatic carbocycles. The molecule has 1 fully saturated rings. The van der Waals surface area contributed by atoms with Crippen molar-refractivity contribution in [3.8, 4) is 5.75 Å². The molecule has 0 bridgehead atoms. The molecule has 2 atom stereocenters. The zero-order valence-electron chi connectivity index (χ0n) is 9.53. The lowest BCUT2D eigenvalue weighted by Crippen LogP contribution is -2.56. The van der Waals surface area contributed by atoms with Crippen LogP contribution in [-0.4, -0.2) is 17.3 Å². The molecule has 1 N–H and O–H groups in total. The van der Waals surface area contributed by atoms with E-state index in [1.807, 2.05) is 45.0 Å². The van der Waals surface area contributed by atoms with Gasteiger partial charge in [-0.25, -0.2) is 0 Å². The van der Waals surface area contributed by atoms with Crippen molar-refractivity contribution in [2.45, 2.75) is 39.4 Å². The van der Waals surface area contributed by atoms with Crippen LogP contribution in [0.4, 0.5) is 0 Å². The summed E-state index contributed by atoms with van der Waals surface area (Å²) < 4.78 is 5.86. The Kier molecular flexibility index (Phi) is 2.47. The summed E-state index contributed by atoms with van der Waals surface area (Å²) in [5, 5.41) is 9.60. The fourth-order valence-electron chi connectivity index (χ4n) is 1.92. The number of benzene rings is 1. The number of aliphatic hydroxyl groups is 1. The van der Waals surface area contributed by atoms with Gasteiger partial charge in [0.25, 0.3) is 0 Å². The Hall–Kier alpha value is -1.02. The molecule has 2 nitrogen and oxygen atoms in total. The highest BCUT2D eigenvalue weighted by Crippen LogP contribution is 2.42. The molecule has 0 amide bonds. The molecule has 0 heterocycles. The third kappa shape index (κ3) is 1.86. The average Bonchev–Trinajstić information content (AvgIpc) is 2.17. The Morgan fingerprint density at radius 1 is 1.40 bits per heavy atom. The van der Waals surface area contributed by atoms with Crippen LogP contribution in [-0.2, 0) is 0 Å². The maximum atomic E-state index is 9.60. The predicted octanol–water partition coefficient (Wildman–Crippen LogP) is 2.53. The number of hydrogen-bond donors (Lipinski definition) is 1. The Morgan fingerprint density at radius 2 is 2.13 bits per heavy atom. The van der Waals surface area contributed by atoms with E-state index in [1.165, 1.54) is 5.56 Å². The minimum Gasteiger partial charge on any atom is -0.490 e. The smallest absolute Gasteiger partial charge is 0.120 e. The maximum Gasteiger partial charge on any atom is 0.120 e. The zero-order chi connectivity index (χ0) is 11.1. The fourth-order valence-corrected chi connectivity index (χ4v) is 1.92. The van der Waals surface area contributed by atoms with Gasteiger partial charge in [-0.05, 0) is 24.6 Å². The Balaban J connectivity index is 2.05. The van der Waals surface area contributed by atoms with E-state index in [9.17, 15) is 5.11 Å². The maximum absolute atomic E-state index is 9.60. The van der Waals surface area contributed by atoms with E-state index in [1.54, 1.807) is 0 Å². The molecule has 1 aromatic carbocycles. The second-order valence-electron chi connectivity index (χ2n) is 5.00. The zero-order valence-corrected chi connectivity index (χ0v) is 9.53. The lowest BCUT2D eigenvalue weighted by atomic mass is 9.66. The second kappa shape index (κ2) is 3.53. The molecule has 0 saturated heterocycles. The molecular weight excluding hydrogens is 188 g/mol. The van der Waals surface area contributed by atoms with Crippen LogP contribution in [0.5, 0.6) is 5.75 Å².